The summed E-state index contributed by atoms with van der Waals surface area (Å²) >= 11 is 12.1. The van der Waals surface area contributed by atoms with E-state index in [9.17, 15) is 12.8 Å². The van der Waals surface area contributed by atoms with Crippen LogP contribution in [0.1, 0.15) is 26.3 Å². The molecule has 3 aromatic rings. The van der Waals surface area contributed by atoms with Gasteiger partial charge in [0.2, 0.25) is 10.0 Å². The molecule has 0 unspecified atom stereocenters. The number of amides is 2. The number of carbonyl (C=O) groups excluding carboxylic acids is 2. The summed E-state index contributed by atoms with van der Waals surface area (Å²) in [6.07, 6.45) is 3.45. The first kappa shape index (κ1) is 36.5. The number of sulfonamides is 1. The van der Waals surface area contributed by atoms with E-state index in [1.807, 2.05) is 13.0 Å². The number of benzene rings is 2. The first-order valence-electron chi connectivity index (χ1n) is 9.81. The molecule has 0 saturated heterocycles. The summed E-state index contributed by atoms with van der Waals surface area (Å²) in [6, 6.07) is 12.7. The second-order valence-corrected chi connectivity index (χ2v) is 9.65. The molecule has 37 heavy (non-hydrogen) atoms. The molecule has 204 valence electrons. The minimum atomic E-state index is -3.93. The number of primary amides is 2. The Bertz CT molecular complexity index is 1290. The summed E-state index contributed by atoms with van der Waals surface area (Å²) in [6.45, 7) is 2.05. The number of rotatable bonds is 5. The fourth-order valence-electron chi connectivity index (χ4n) is 2.95. The van der Waals surface area contributed by atoms with E-state index in [1.165, 1.54) is 18.2 Å². The molecule has 14 heteroatoms. The van der Waals surface area contributed by atoms with Crippen molar-refractivity contribution in [1.29, 1.82) is 0 Å². The maximum absolute atomic E-state index is 13.6. The van der Waals surface area contributed by atoms with Crippen molar-refractivity contribution < 1.29 is 27.9 Å². The number of halogens is 2. The second kappa shape index (κ2) is 16.9. The topological polar surface area (TPSA) is 191 Å². The summed E-state index contributed by atoms with van der Waals surface area (Å²) < 4.78 is 37.7. The second-order valence-electron chi connectivity index (χ2n) is 6.84. The minimum Gasteiger partial charge on any atom is -0.412 e. The molecule has 2 amide bonds. The van der Waals surface area contributed by atoms with Gasteiger partial charge in [-0.1, -0.05) is 75.8 Å². The molecule has 1 aromatic heterocycles. The van der Waals surface area contributed by atoms with Gasteiger partial charge in [-0.3, -0.25) is 14.6 Å². The Kier molecular flexibility index (Phi) is 16.7. The Hall–Kier alpha value is -2.68. The van der Waals surface area contributed by atoms with Crippen molar-refractivity contribution in [2.45, 2.75) is 32.1 Å². The predicted molar refractivity (Wildman–Crippen MR) is 153 cm³/mol. The molecule has 1 heterocycles. The number of nitrogens with two attached hydrogens (primary N) is 3. The monoisotopic (exact) mass is 592 g/mol. The van der Waals surface area contributed by atoms with E-state index in [2.05, 4.69) is 41.7 Å². The summed E-state index contributed by atoms with van der Waals surface area (Å²) in [5.74, 6) is -0.533. The number of aryl methyl sites for hydroxylation is 1. The van der Waals surface area contributed by atoms with Crippen LogP contribution in [0.3, 0.4) is 0 Å². The van der Waals surface area contributed by atoms with Gasteiger partial charge in [0, 0.05) is 22.9 Å². The molecule has 8 N–H and O–H groups in total. The van der Waals surface area contributed by atoms with Crippen molar-refractivity contribution in [1.82, 2.24) is 4.98 Å². The van der Waals surface area contributed by atoms with Gasteiger partial charge in [-0.05, 0) is 42.3 Å². The van der Waals surface area contributed by atoms with Crippen LogP contribution >= 0.6 is 36.9 Å². The van der Waals surface area contributed by atoms with Crippen LogP contribution in [0.15, 0.2) is 59.6 Å². The van der Waals surface area contributed by atoms with Crippen LogP contribution in [-0.4, -0.2) is 29.4 Å². The highest BCUT2D eigenvalue weighted by Gasteiger charge is 2.19. The summed E-state index contributed by atoms with van der Waals surface area (Å²) in [5.41, 5.74) is 11.8. The van der Waals surface area contributed by atoms with Gasteiger partial charge < -0.3 is 16.9 Å². The highest BCUT2D eigenvalue weighted by atomic mass is 35.5. The van der Waals surface area contributed by atoms with Crippen molar-refractivity contribution in [3.63, 3.8) is 0 Å². The van der Waals surface area contributed by atoms with Crippen LogP contribution < -0.4 is 16.6 Å². The Morgan fingerprint density at radius 2 is 1.57 bits per heavy atom. The predicted octanol–water partition coefficient (Wildman–Crippen LogP) is 4.61. The summed E-state index contributed by atoms with van der Waals surface area (Å²) in [4.78, 5) is 22.7. The zero-order valence-corrected chi connectivity index (χ0v) is 22.3. The number of primary sulfonamides is 1. The van der Waals surface area contributed by atoms with Gasteiger partial charge in [-0.15, -0.1) is 0 Å². The number of thiol groups is 2. The van der Waals surface area contributed by atoms with Gasteiger partial charge in [-0.2, -0.15) is 0 Å². The molecule has 0 aliphatic carbocycles. The molecule has 0 aliphatic rings. The molecular formula is C23H30ClFN4O5S3. The van der Waals surface area contributed by atoms with Crippen LogP contribution in [0.2, 0.25) is 5.02 Å². The Labute approximate surface area is 231 Å². The van der Waals surface area contributed by atoms with Gasteiger partial charge in [0.1, 0.15) is 5.82 Å². The first-order valence-corrected chi connectivity index (χ1v) is 12.6. The summed E-state index contributed by atoms with van der Waals surface area (Å²) in [7, 11) is -3.93. The smallest absolute Gasteiger partial charge is 0.273 e. The summed E-state index contributed by atoms with van der Waals surface area (Å²) in [5, 5.41) is 4.10. The number of carbonyl (C=O) groups is 2. The van der Waals surface area contributed by atoms with Crippen LogP contribution in [0.25, 0.3) is 22.4 Å². The zero-order chi connectivity index (χ0) is 26.8. The molecule has 0 fully saturated rings. The molecule has 9 nitrogen and oxygen atoms in total. The van der Waals surface area contributed by atoms with E-state index < -0.39 is 26.3 Å². The molecule has 0 bridgehead atoms. The van der Waals surface area contributed by atoms with Crippen molar-refractivity contribution in [2.24, 2.45) is 16.6 Å². The van der Waals surface area contributed by atoms with E-state index in [0.29, 0.717) is 22.4 Å². The molecule has 0 spiro atoms. The lowest BCUT2D eigenvalue weighted by molar-refractivity contribution is 0.266. The van der Waals surface area contributed by atoms with Gasteiger partial charge >= 0.3 is 0 Å². The Morgan fingerprint density at radius 1 is 1.03 bits per heavy atom. The maximum Gasteiger partial charge on any atom is 0.273 e. The van der Waals surface area contributed by atoms with Crippen molar-refractivity contribution >= 4 is 57.4 Å². The number of nitrogens with zero attached hydrogens (tertiary/aromatic N) is 1. The van der Waals surface area contributed by atoms with E-state index in [1.54, 1.807) is 30.5 Å². The molecule has 3 rings (SSSR count). The highest BCUT2D eigenvalue weighted by molar-refractivity contribution is 7.96. The van der Waals surface area contributed by atoms with E-state index in [0.717, 1.165) is 18.4 Å². The van der Waals surface area contributed by atoms with Crippen molar-refractivity contribution in [3.05, 3.63) is 71.1 Å². The molecule has 0 radical (unpaired) electrons. The number of hydrogen-bond acceptors (Lipinski definition) is 5. The average molecular weight is 593 g/mol. The molecule has 2 aromatic carbocycles. The van der Waals surface area contributed by atoms with Crippen molar-refractivity contribution in [3.8, 4) is 22.4 Å². The fourth-order valence-corrected chi connectivity index (χ4v) is 3.88. The SMILES string of the molecule is C.CCCc1cnc(-c2ccc(F)c(Cl)c2)c(-c2ccccc2S(N)(=O)=O)c1.NC(=O)S.NC(=O)S.O. The highest BCUT2D eigenvalue weighted by Crippen LogP contribution is 2.36. The van der Waals surface area contributed by atoms with Crippen molar-refractivity contribution in [2.75, 3.05) is 0 Å². The van der Waals surface area contributed by atoms with Crippen LogP contribution in [0.5, 0.6) is 0 Å². The lowest BCUT2D eigenvalue weighted by Gasteiger charge is -2.14. The normalized spacial score (nSPS) is 9.78. The van der Waals surface area contributed by atoms with Gasteiger partial charge in [0.15, 0.2) is 0 Å². The number of aromatic nitrogens is 1. The average Bonchev–Trinajstić information content (AvgIpc) is 2.74. The van der Waals surface area contributed by atoms with Gasteiger partial charge in [0.25, 0.3) is 10.5 Å². The first-order chi connectivity index (χ1) is 16.3. The molecule has 0 aliphatic heterocycles. The van der Waals surface area contributed by atoms with Gasteiger partial charge in [0.05, 0.1) is 15.6 Å². The zero-order valence-electron chi connectivity index (χ0n) is 19.0. The third kappa shape index (κ3) is 12.4. The number of hydrogen-bond donors (Lipinski definition) is 5. The fraction of sp³-hybridized carbons (Fsp3) is 0.174. The lowest BCUT2D eigenvalue weighted by atomic mass is 9.97. The molecule has 0 atom stereocenters. The minimum absolute atomic E-state index is 0. The Morgan fingerprint density at radius 3 is 2.05 bits per heavy atom. The van der Waals surface area contributed by atoms with Crippen LogP contribution in [-0.2, 0) is 16.4 Å². The van der Waals surface area contributed by atoms with Crippen LogP contribution in [0.4, 0.5) is 14.0 Å². The van der Waals surface area contributed by atoms with Crippen LogP contribution in [0, 0.1) is 5.82 Å². The maximum atomic E-state index is 13.6. The largest absolute Gasteiger partial charge is 0.412 e. The molecule has 0 saturated carbocycles. The standard InChI is InChI=1S/C20H18ClFN2O2S.2CH3NOS.CH4.H2O/c1-2-5-13-10-16(15-6-3-4-7-19(15)27(23,25)26)20(24-12-13)14-8-9-18(22)17(21)11-14;2*2-1(3)4;;/h3-4,6-12H,2,5H2,1H3,(H2,23,25,26);2*(H3,2,3,4);1H4;1H2. The van der Waals surface area contributed by atoms with Gasteiger partial charge in [-0.25, -0.2) is 17.9 Å². The van der Waals surface area contributed by atoms with E-state index >= 15 is 0 Å². The van der Waals surface area contributed by atoms with E-state index in [4.69, 9.17) is 26.3 Å². The quantitative estimate of drug-likeness (QED) is 0.270. The van der Waals surface area contributed by atoms with E-state index in [-0.39, 0.29) is 22.8 Å². The third-order valence-electron chi connectivity index (χ3n) is 4.16. The number of pyridine rings is 1. The Balaban J connectivity index is 0. The lowest BCUT2D eigenvalue weighted by Crippen LogP contribution is -2.13. The third-order valence-corrected chi connectivity index (χ3v) is 5.42. The molecular weight excluding hydrogens is 563 g/mol.